The van der Waals surface area contributed by atoms with Gasteiger partial charge < -0.3 is 20.1 Å². The van der Waals surface area contributed by atoms with Gasteiger partial charge in [-0.15, -0.1) is 0 Å². The zero-order chi connectivity index (χ0) is 17.7. The van der Waals surface area contributed by atoms with Crippen LogP contribution in [0.5, 0.6) is 5.88 Å². The Labute approximate surface area is 145 Å². The predicted molar refractivity (Wildman–Crippen MR) is 86.4 cm³/mol. The van der Waals surface area contributed by atoms with E-state index in [4.69, 9.17) is 9.47 Å². The van der Waals surface area contributed by atoms with Gasteiger partial charge in [-0.05, 0) is 24.8 Å². The standard InChI is InChI=1S/C17H24F3N3O2/c18-17(19,20)11-25-16-12(3-2-6-22-16)9-23-14-5-1-4-13(14)15-10-24-8-7-21-15/h2-3,6,13-15,21,23H,1,4-5,7-11H2. The van der Waals surface area contributed by atoms with E-state index in [2.05, 4.69) is 15.6 Å². The molecule has 0 spiro atoms. The van der Waals surface area contributed by atoms with E-state index in [0.717, 1.165) is 39.0 Å². The molecule has 0 aromatic carbocycles. The quantitative estimate of drug-likeness (QED) is 0.816. The van der Waals surface area contributed by atoms with Crippen LogP contribution in [0.25, 0.3) is 0 Å². The second-order valence-corrected chi connectivity index (χ2v) is 6.59. The van der Waals surface area contributed by atoms with E-state index in [0.29, 0.717) is 30.1 Å². The zero-order valence-electron chi connectivity index (χ0n) is 14.0. The highest BCUT2D eigenvalue weighted by atomic mass is 19.4. The number of ether oxygens (including phenoxy) is 2. The number of nitrogens with one attached hydrogen (secondary N) is 2. The molecule has 1 aromatic rings. The van der Waals surface area contributed by atoms with Crippen molar-refractivity contribution in [3.05, 3.63) is 23.9 Å². The third-order valence-electron chi connectivity index (χ3n) is 4.81. The lowest BCUT2D eigenvalue weighted by Crippen LogP contribution is -2.50. The summed E-state index contributed by atoms with van der Waals surface area (Å²) in [5.41, 5.74) is 0.644. The van der Waals surface area contributed by atoms with E-state index in [1.807, 2.05) is 0 Å². The molecule has 0 radical (unpaired) electrons. The van der Waals surface area contributed by atoms with Gasteiger partial charge in [0.15, 0.2) is 6.61 Å². The van der Waals surface area contributed by atoms with Gasteiger partial charge in [-0.25, -0.2) is 4.98 Å². The molecule has 3 atom stereocenters. The first-order valence-electron chi connectivity index (χ1n) is 8.71. The maximum absolute atomic E-state index is 12.4. The molecule has 2 aliphatic rings. The van der Waals surface area contributed by atoms with Gasteiger partial charge in [-0.1, -0.05) is 12.5 Å². The monoisotopic (exact) mass is 359 g/mol. The van der Waals surface area contributed by atoms with Crippen molar-refractivity contribution in [1.82, 2.24) is 15.6 Å². The molecule has 140 valence electrons. The molecule has 2 N–H and O–H groups in total. The number of hydrogen-bond acceptors (Lipinski definition) is 5. The minimum absolute atomic E-state index is 0.0426. The fraction of sp³-hybridized carbons (Fsp3) is 0.706. The van der Waals surface area contributed by atoms with Gasteiger partial charge in [0.2, 0.25) is 5.88 Å². The number of alkyl halides is 3. The van der Waals surface area contributed by atoms with Crippen LogP contribution < -0.4 is 15.4 Å². The Kier molecular flexibility index (Phi) is 6.14. The van der Waals surface area contributed by atoms with Crippen LogP contribution in [0.4, 0.5) is 13.2 Å². The van der Waals surface area contributed by atoms with Crippen LogP contribution in [-0.2, 0) is 11.3 Å². The summed E-state index contributed by atoms with van der Waals surface area (Å²) >= 11 is 0. The minimum atomic E-state index is -4.37. The lowest BCUT2D eigenvalue weighted by Gasteiger charge is -2.33. The molecule has 1 aromatic heterocycles. The van der Waals surface area contributed by atoms with Crippen molar-refractivity contribution >= 4 is 0 Å². The molecule has 2 fully saturated rings. The molecule has 25 heavy (non-hydrogen) atoms. The summed E-state index contributed by atoms with van der Waals surface area (Å²) in [5, 5.41) is 7.00. The summed E-state index contributed by atoms with van der Waals surface area (Å²) in [7, 11) is 0. The average Bonchev–Trinajstić information content (AvgIpc) is 3.07. The van der Waals surface area contributed by atoms with E-state index in [1.165, 1.54) is 6.20 Å². The molecular formula is C17H24F3N3O2. The summed E-state index contributed by atoms with van der Waals surface area (Å²) in [6.45, 7) is 1.45. The molecule has 0 amide bonds. The van der Waals surface area contributed by atoms with Crippen LogP contribution in [-0.4, -0.2) is 49.6 Å². The van der Waals surface area contributed by atoms with Crippen LogP contribution in [0.1, 0.15) is 24.8 Å². The summed E-state index contributed by atoms with van der Waals surface area (Å²) in [6.07, 6.45) is 0.401. The number of hydrogen-bond donors (Lipinski definition) is 2. The SMILES string of the molecule is FC(F)(F)COc1ncccc1CNC1CCCC1C1COCCN1. The fourth-order valence-electron chi connectivity index (χ4n) is 3.66. The minimum Gasteiger partial charge on any atom is -0.468 e. The van der Waals surface area contributed by atoms with Crippen LogP contribution in [0.2, 0.25) is 0 Å². The highest BCUT2D eigenvalue weighted by Gasteiger charge is 2.34. The Morgan fingerprint density at radius 1 is 1.36 bits per heavy atom. The number of morpholine rings is 1. The van der Waals surface area contributed by atoms with Crippen molar-refractivity contribution < 1.29 is 22.6 Å². The Bertz CT molecular complexity index is 550. The Morgan fingerprint density at radius 3 is 3.00 bits per heavy atom. The molecule has 1 aliphatic heterocycles. The predicted octanol–water partition coefficient (Wildman–Crippen LogP) is 2.27. The molecule has 3 rings (SSSR count). The first kappa shape index (κ1) is 18.4. The molecule has 2 heterocycles. The van der Waals surface area contributed by atoms with Gasteiger partial charge in [-0.3, -0.25) is 0 Å². The molecular weight excluding hydrogens is 335 g/mol. The first-order valence-corrected chi connectivity index (χ1v) is 8.71. The van der Waals surface area contributed by atoms with Gasteiger partial charge in [0.25, 0.3) is 0 Å². The number of nitrogens with zero attached hydrogens (tertiary/aromatic N) is 1. The second-order valence-electron chi connectivity index (χ2n) is 6.59. The normalized spacial score (nSPS) is 27.4. The van der Waals surface area contributed by atoms with Crippen molar-refractivity contribution in [2.45, 2.75) is 44.1 Å². The Hall–Kier alpha value is -1.38. The van der Waals surface area contributed by atoms with Gasteiger partial charge in [0.05, 0.1) is 13.2 Å². The summed E-state index contributed by atoms with van der Waals surface area (Å²) in [4.78, 5) is 3.94. The van der Waals surface area contributed by atoms with Crippen LogP contribution in [0, 0.1) is 5.92 Å². The van der Waals surface area contributed by atoms with E-state index in [1.54, 1.807) is 12.1 Å². The van der Waals surface area contributed by atoms with Crippen molar-refractivity contribution in [1.29, 1.82) is 0 Å². The molecule has 1 aliphatic carbocycles. The Balaban J connectivity index is 1.57. The number of rotatable bonds is 6. The van der Waals surface area contributed by atoms with Crippen LogP contribution >= 0.6 is 0 Å². The highest BCUT2D eigenvalue weighted by Crippen LogP contribution is 2.30. The topological polar surface area (TPSA) is 55.4 Å². The van der Waals surface area contributed by atoms with E-state index in [-0.39, 0.29) is 5.88 Å². The number of pyridine rings is 1. The van der Waals surface area contributed by atoms with E-state index >= 15 is 0 Å². The fourth-order valence-corrected chi connectivity index (χ4v) is 3.66. The lowest BCUT2D eigenvalue weighted by atomic mass is 9.94. The summed E-state index contributed by atoms with van der Waals surface area (Å²) < 4.78 is 47.5. The first-order chi connectivity index (χ1) is 12.0. The van der Waals surface area contributed by atoms with E-state index in [9.17, 15) is 13.2 Å². The van der Waals surface area contributed by atoms with Gasteiger partial charge in [-0.2, -0.15) is 13.2 Å². The number of halogens is 3. The van der Waals surface area contributed by atoms with Crippen LogP contribution in [0.15, 0.2) is 18.3 Å². The molecule has 8 heteroatoms. The summed E-state index contributed by atoms with van der Waals surface area (Å²) in [6, 6.07) is 4.11. The smallest absolute Gasteiger partial charge is 0.422 e. The highest BCUT2D eigenvalue weighted by molar-refractivity contribution is 5.25. The second kappa shape index (κ2) is 8.33. The lowest BCUT2D eigenvalue weighted by molar-refractivity contribution is -0.154. The zero-order valence-corrected chi connectivity index (χ0v) is 14.0. The summed E-state index contributed by atoms with van der Waals surface area (Å²) in [5.74, 6) is 0.512. The van der Waals surface area contributed by atoms with Crippen molar-refractivity contribution in [2.75, 3.05) is 26.4 Å². The molecule has 0 bridgehead atoms. The third kappa shape index (κ3) is 5.29. The van der Waals surface area contributed by atoms with Gasteiger partial charge in [0.1, 0.15) is 0 Å². The maximum atomic E-state index is 12.4. The molecule has 3 unspecified atom stereocenters. The third-order valence-corrected chi connectivity index (χ3v) is 4.81. The molecule has 1 saturated carbocycles. The Morgan fingerprint density at radius 2 is 2.24 bits per heavy atom. The largest absolute Gasteiger partial charge is 0.468 e. The molecule has 5 nitrogen and oxygen atoms in total. The van der Waals surface area contributed by atoms with Gasteiger partial charge >= 0.3 is 6.18 Å². The number of aromatic nitrogens is 1. The average molecular weight is 359 g/mol. The van der Waals surface area contributed by atoms with Crippen LogP contribution in [0.3, 0.4) is 0 Å². The van der Waals surface area contributed by atoms with Crippen molar-refractivity contribution in [3.8, 4) is 5.88 Å². The van der Waals surface area contributed by atoms with Gasteiger partial charge in [0, 0.05) is 36.9 Å². The van der Waals surface area contributed by atoms with Crippen molar-refractivity contribution in [2.24, 2.45) is 5.92 Å². The van der Waals surface area contributed by atoms with Crippen molar-refractivity contribution in [3.63, 3.8) is 0 Å². The van der Waals surface area contributed by atoms with E-state index < -0.39 is 12.8 Å². The maximum Gasteiger partial charge on any atom is 0.422 e. The molecule has 1 saturated heterocycles.